The minimum Gasteiger partial charge on any atom is -0.335 e. The molecule has 0 atom stereocenters. The molecule has 1 N–H and O–H groups in total. The van der Waals surface area contributed by atoms with Gasteiger partial charge in [-0.2, -0.15) is 5.48 Å². The van der Waals surface area contributed by atoms with Crippen LogP contribution in [0.15, 0.2) is 54.6 Å². The third-order valence-corrected chi connectivity index (χ3v) is 2.60. The second-order valence-electron chi connectivity index (χ2n) is 3.69. The van der Waals surface area contributed by atoms with Crippen LogP contribution in [-0.4, -0.2) is 11.9 Å². The van der Waals surface area contributed by atoms with Crippen molar-refractivity contribution < 1.29 is 14.4 Å². The summed E-state index contributed by atoms with van der Waals surface area (Å²) in [5.74, 6) is -1.14. The van der Waals surface area contributed by atoms with Crippen LogP contribution in [-0.2, 0) is 4.84 Å². The lowest BCUT2D eigenvalue weighted by molar-refractivity contribution is 0.0230. The minimum absolute atomic E-state index is 0.352. The SMILES string of the molecule is O=C(NOC(=O)c1ccccc1)c1ccc(Cl)cc1. The van der Waals surface area contributed by atoms with E-state index in [1.165, 1.54) is 12.1 Å². The molecule has 2 rings (SSSR count). The van der Waals surface area contributed by atoms with Crippen LogP contribution in [0.1, 0.15) is 20.7 Å². The molecule has 5 heteroatoms. The van der Waals surface area contributed by atoms with Gasteiger partial charge in [0.25, 0.3) is 5.91 Å². The Bertz CT molecular complexity index is 581. The minimum atomic E-state index is -0.622. The third-order valence-electron chi connectivity index (χ3n) is 2.35. The Balaban J connectivity index is 1.94. The zero-order valence-electron chi connectivity index (χ0n) is 9.80. The quantitative estimate of drug-likeness (QED) is 0.858. The van der Waals surface area contributed by atoms with Crippen LogP contribution in [0, 0.1) is 0 Å². The maximum Gasteiger partial charge on any atom is 0.362 e. The van der Waals surface area contributed by atoms with Crippen LogP contribution in [0.2, 0.25) is 5.02 Å². The molecule has 0 fully saturated rings. The van der Waals surface area contributed by atoms with Gasteiger partial charge in [-0.1, -0.05) is 29.8 Å². The number of hydrogen-bond donors (Lipinski definition) is 1. The van der Waals surface area contributed by atoms with E-state index in [4.69, 9.17) is 16.4 Å². The highest BCUT2D eigenvalue weighted by Gasteiger charge is 2.10. The molecule has 1 amide bonds. The predicted octanol–water partition coefficient (Wildman–Crippen LogP) is 2.84. The molecule has 0 bridgehead atoms. The highest BCUT2D eigenvalue weighted by molar-refractivity contribution is 6.30. The fraction of sp³-hybridized carbons (Fsp3) is 0. The first kappa shape index (κ1) is 13.1. The van der Waals surface area contributed by atoms with Crippen LogP contribution in [0.25, 0.3) is 0 Å². The van der Waals surface area contributed by atoms with E-state index >= 15 is 0 Å². The molecular formula is C14H10ClNO3. The Kier molecular flexibility index (Phi) is 4.15. The van der Waals surface area contributed by atoms with E-state index in [1.807, 2.05) is 0 Å². The van der Waals surface area contributed by atoms with E-state index in [1.54, 1.807) is 42.5 Å². The summed E-state index contributed by atoms with van der Waals surface area (Å²) in [5, 5.41) is 0.526. The third kappa shape index (κ3) is 3.56. The van der Waals surface area contributed by atoms with Crippen molar-refractivity contribution in [3.8, 4) is 0 Å². The molecule has 0 saturated carbocycles. The van der Waals surface area contributed by atoms with Gasteiger partial charge in [0, 0.05) is 10.6 Å². The summed E-state index contributed by atoms with van der Waals surface area (Å²) in [6.07, 6.45) is 0. The van der Waals surface area contributed by atoms with Crippen molar-refractivity contribution in [2.45, 2.75) is 0 Å². The van der Waals surface area contributed by atoms with Crippen molar-refractivity contribution in [2.24, 2.45) is 0 Å². The summed E-state index contributed by atoms with van der Waals surface area (Å²) in [6.45, 7) is 0. The zero-order valence-corrected chi connectivity index (χ0v) is 10.6. The number of nitrogens with one attached hydrogen (secondary N) is 1. The van der Waals surface area contributed by atoms with Gasteiger partial charge in [-0.25, -0.2) is 4.79 Å². The molecule has 0 aliphatic rings. The van der Waals surface area contributed by atoms with Crippen molar-refractivity contribution >= 4 is 23.5 Å². The summed E-state index contributed by atoms with van der Waals surface area (Å²) < 4.78 is 0. The van der Waals surface area contributed by atoms with Crippen molar-refractivity contribution in [3.05, 3.63) is 70.7 Å². The Labute approximate surface area is 114 Å². The van der Waals surface area contributed by atoms with Crippen molar-refractivity contribution in [3.63, 3.8) is 0 Å². The Morgan fingerprint density at radius 3 is 2.16 bits per heavy atom. The lowest BCUT2D eigenvalue weighted by atomic mass is 10.2. The normalized spacial score (nSPS) is 9.74. The van der Waals surface area contributed by atoms with E-state index < -0.39 is 11.9 Å². The maximum atomic E-state index is 11.7. The van der Waals surface area contributed by atoms with Crippen LogP contribution < -0.4 is 5.48 Å². The molecule has 0 saturated heterocycles. The largest absolute Gasteiger partial charge is 0.362 e. The smallest absolute Gasteiger partial charge is 0.335 e. The molecule has 2 aromatic rings. The van der Waals surface area contributed by atoms with E-state index in [0.29, 0.717) is 16.1 Å². The standard InChI is InChI=1S/C14H10ClNO3/c15-12-8-6-10(7-9-12)13(17)16-19-14(18)11-4-2-1-3-5-11/h1-9H,(H,16,17). The van der Waals surface area contributed by atoms with Gasteiger partial charge in [0.05, 0.1) is 5.56 Å². The first-order valence-electron chi connectivity index (χ1n) is 5.49. The maximum absolute atomic E-state index is 11.7. The van der Waals surface area contributed by atoms with Crippen molar-refractivity contribution in [2.75, 3.05) is 0 Å². The van der Waals surface area contributed by atoms with Crippen molar-refractivity contribution in [1.29, 1.82) is 0 Å². The Hall–Kier alpha value is -2.33. The molecule has 19 heavy (non-hydrogen) atoms. The van der Waals surface area contributed by atoms with Gasteiger partial charge in [0.2, 0.25) is 0 Å². The van der Waals surface area contributed by atoms with E-state index in [2.05, 4.69) is 5.48 Å². The fourth-order valence-electron chi connectivity index (χ4n) is 1.39. The number of hydroxylamine groups is 1. The second kappa shape index (κ2) is 6.02. The van der Waals surface area contributed by atoms with Gasteiger partial charge in [-0.15, -0.1) is 0 Å². The number of halogens is 1. The highest BCUT2D eigenvalue weighted by atomic mass is 35.5. The first-order chi connectivity index (χ1) is 9.16. The molecule has 2 aromatic carbocycles. The van der Waals surface area contributed by atoms with E-state index in [9.17, 15) is 9.59 Å². The highest BCUT2D eigenvalue weighted by Crippen LogP contribution is 2.09. The summed E-state index contributed by atoms with van der Waals surface area (Å²) in [4.78, 5) is 27.9. The lowest BCUT2D eigenvalue weighted by Crippen LogP contribution is -2.27. The van der Waals surface area contributed by atoms with Gasteiger partial charge >= 0.3 is 5.97 Å². The molecule has 4 nitrogen and oxygen atoms in total. The molecule has 0 unspecified atom stereocenters. The summed E-state index contributed by atoms with van der Waals surface area (Å²) in [5.41, 5.74) is 2.80. The number of rotatable bonds is 2. The molecule has 96 valence electrons. The van der Waals surface area contributed by atoms with E-state index in [-0.39, 0.29) is 0 Å². The molecule has 0 spiro atoms. The number of amides is 1. The van der Waals surface area contributed by atoms with Crippen LogP contribution >= 0.6 is 11.6 Å². The molecule has 0 heterocycles. The predicted molar refractivity (Wildman–Crippen MR) is 70.8 cm³/mol. The van der Waals surface area contributed by atoms with E-state index in [0.717, 1.165) is 0 Å². The first-order valence-corrected chi connectivity index (χ1v) is 5.87. The van der Waals surface area contributed by atoms with Crippen LogP contribution in [0.3, 0.4) is 0 Å². The average Bonchev–Trinajstić information content (AvgIpc) is 2.46. The summed E-state index contributed by atoms with van der Waals surface area (Å²) >= 11 is 5.71. The Morgan fingerprint density at radius 2 is 1.53 bits per heavy atom. The second-order valence-corrected chi connectivity index (χ2v) is 4.13. The molecular weight excluding hydrogens is 266 g/mol. The van der Waals surface area contributed by atoms with Gasteiger partial charge in [-0.3, -0.25) is 4.79 Å². The number of benzene rings is 2. The van der Waals surface area contributed by atoms with Crippen LogP contribution in [0.5, 0.6) is 0 Å². The molecule has 0 aromatic heterocycles. The average molecular weight is 276 g/mol. The summed E-state index contributed by atoms with van der Waals surface area (Å²) in [6, 6.07) is 14.6. The summed E-state index contributed by atoms with van der Waals surface area (Å²) in [7, 11) is 0. The molecule has 0 radical (unpaired) electrons. The van der Waals surface area contributed by atoms with Gasteiger partial charge < -0.3 is 4.84 Å². The van der Waals surface area contributed by atoms with Gasteiger partial charge in [0.1, 0.15) is 0 Å². The lowest BCUT2D eigenvalue weighted by Gasteiger charge is -2.05. The monoisotopic (exact) mass is 275 g/mol. The number of carbonyl (C=O) groups excluding carboxylic acids is 2. The topological polar surface area (TPSA) is 55.4 Å². The Morgan fingerprint density at radius 1 is 0.895 bits per heavy atom. The zero-order chi connectivity index (χ0) is 13.7. The molecule has 0 aliphatic heterocycles. The van der Waals surface area contributed by atoms with Crippen LogP contribution in [0.4, 0.5) is 0 Å². The van der Waals surface area contributed by atoms with Gasteiger partial charge in [-0.05, 0) is 36.4 Å². The van der Waals surface area contributed by atoms with Gasteiger partial charge in [0.15, 0.2) is 0 Å². The molecule has 0 aliphatic carbocycles. The fourth-order valence-corrected chi connectivity index (χ4v) is 1.51. The van der Waals surface area contributed by atoms with Crippen molar-refractivity contribution in [1.82, 2.24) is 5.48 Å². The number of hydrogen-bond acceptors (Lipinski definition) is 3. The number of carbonyl (C=O) groups is 2.